The number of carbonyl (C=O) groups is 2. The summed E-state index contributed by atoms with van der Waals surface area (Å²) in [7, 11) is 0. The molecule has 2 amide bonds. The number of aromatic nitrogens is 2. The number of carbonyl (C=O) groups excluding carboxylic acids is 2. The second-order valence-electron chi connectivity index (χ2n) is 4.80. The summed E-state index contributed by atoms with van der Waals surface area (Å²) < 4.78 is 2.37. The smallest absolute Gasteiger partial charge is 0.258 e. The number of rotatable bonds is 4. The quantitative estimate of drug-likeness (QED) is 0.636. The molecule has 1 aromatic heterocycles. The van der Waals surface area contributed by atoms with E-state index >= 15 is 0 Å². The van der Waals surface area contributed by atoms with Crippen LogP contribution < -0.4 is 10.7 Å². The highest BCUT2D eigenvalue weighted by Gasteiger charge is 2.11. The van der Waals surface area contributed by atoms with Gasteiger partial charge in [0.2, 0.25) is 0 Å². The second kappa shape index (κ2) is 6.78. The fourth-order valence-electron chi connectivity index (χ4n) is 2.12. The van der Waals surface area contributed by atoms with E-state index in [0.717, 1.165) is 14.6 Å². The molecule has 23 heavy (non-hydrogen) atoms. The third-order valence-corrected chi connectivity index (χ3v) is 4.17. The number of hydrogen-bond donors (Lipinski definition) is 2. The molecule has 3 aromatic rings. The highest BCUT2D eigenvalue weighted by atomic mass is 127. The predicted molar refractivity (Wildman–Crippen MR) is 95.6 cm³/mol. The highest BCUT2D eigenvalue weighted by Crippen LogP contribution is 2.11. The van der Waals surface area contributed by atoms with Gasteiger partial charge in [-0.2, -0.15) is 0 Å². The first kappa shape index (κ1) is 15.5. The average molecular weight is 420 g/mol. The maximum absolute atomic E-state index is 12.1. The molecule has 0 saturated carbocycles. The normalized spacial score (nSPS) is 10.5. The molecule has 0 aliphatic carbocycles. The zero-order chi connectivity index (χ0) is 16.2. The summed E-state index contributed by atoms with van der Waals surface area (Å²) in [5.74, 6) is -0.604. The first-order valence-electron chi connectivity index (χ1n) is 6.90. The summed E-state index contributed by atoms with van der Waals surface area (Å²) in [4.78, 5) is 28.3. The van der Waals surface area contributed by atoms with Crippen LogP contribution in [-0.2, 0) is 4.79 Å². The van der Waals surface area contributed by atoms with Crippen molar-refractivity contribution in [1.29, 1.82) is 0 Å². The lowest BCUT2D eigenvalue weighted by Crippen LogP contribution is -2.36. The number of benzene rings is 2. The zero-order valence-corrected chi connectivity index (χ0v) is 14.1. The van der Waals surface area contributed by atoms with E-state index in [2.05, 4.69) is 38.3 Å². The first-order chi connectivity index (χ1) is 11.1. The maximum atomic E-state index is 12.1. The van der Waals surface area contributed by atoms with Gasteiger partial charge >= 0.3 is 0 Å². The molecule has 0 bridgehead atoms. The minimum absolute atomic E-state index is 0.115. The Balaban J connectivity index is 1.62. The number of nitrogens with zero attached hydrogens (tertiary/aromatic N) is 2. The molecule has 0 fully saturated rings. The zero-order valence-electron chi connectivity index (χ0n) is 12.0. The van der Waals surface area contributed by atoms with Crippen molar-refractivity contribution >= 4 is 45.4 Å². The van der Waals surface area contributed by atoms with Gasteiger partial charge in [0.1, 0.15) is 6.33 Å². The van der Waals surface area contributed by atoms with E-state index in [-0.39, 0.29) is 18.4 Å². The molecule has 0 aliphatic heterocycles. The average Bonchev–Trinajstić information content (AvgIpc) is 2.96. The van der Waals surface area contributed by atoms with E-state index < -0.39 is 0 Å². The van der Waals surface area contributed by atoms with Crippen LogP contribution in [0.2, 0.25) is 0 Å². The number of nitrogens with one attached hydrogen (secondary N) is 2. The van der Waals surface area contributed by atoms with E-state index in [1.807, 2.05) is 36.4 Å². The molecular formula is C16H13IN4O2. The van der Waals surface area contributed by atoms with Crippen LogP contribution in [0.15, 0.2) is 54.9 Å². The number of para-hydroxylation sites is 2. The van der Waals surface area contributed by atoms with Crippen LogP contribution in [0, 0.1) is 3.57 Å². The number of amides is 2. The summed E-state index contributed by atoms with van der Waals surface area (Å²) >= 11 is 2.09. The Hall–Kier alpha value is -2.42. The van der Waals surface area contributed by atoms with Crippen molar-refractivity contribution in [2.45, 2.75) is 0 Å². The topological polar surface area (TPSA) is 76.0 Å². The fourth-order valence-corrected chi connectivity index (χ4v) is 2.76. The molecule has 6 nitrogen and oxygen atoms in total. The number of halogens is 1. The summed E-state index contributed by atoms with van der Waals surface area (Å²) in [6.07, 6.45) is 1.53. The lowest BCUT2D eigenvalue weighted by Gasteiger charge is -2.09. The molecule has 2 aromatic carbocycles. The van der Waals surface area contributed by atoms with Gasteiger partial charge in [0.15, 0.2) is 0 Å². The standard InChI is InChI=1S/C16H13IN4O2/c17-12-6-2-1-5-11(12)16(23)18-9-15(22)20-21-10-19-13-7-3-4-8-14(13)21/h1-8,10H,9H2,(H,18,23)(H,20,22). The van der Waals surface area contributed by atoms with Crippen LogP contribution >= 0.6 is 22.6 Å². The third-order valence-electron chi connectivity index (χ3n) is 3.23. The summed E-state index contributed by atoms with van der Waals surface area (Å²) in [6, 6.07) is 14.7. The summed E-state index contributed by atoms with van der Waals surface area (Å²) in [5.41, 5.74) is 4.82. The van der Waals surface area contributed by atoms with Crippen molar-refractivity contribution in [3.63, 3.8) is 0 Å². The van der Waals surface area contributed by atoms with E-state index in [4.69, 9.17) is 0 Å². The molecular weight excluding hydrogens is 407 g/mol. The van der Waals surface area contributed by atoms with Crippen LogP contribution in [0.1, 0.15) is 10.4 Å². The third kappa shape index (κ3) is 3.50. The van der Waals surface area contributed by atoms with E-state index in [1.54, 1.807) is 12.1 Å². The van der Waals surface area contributed by atoms with Crippen molar-refractivity contribution in [1.82, 2.24) is 15.0 Å². The Bertz CT molecular complexity index is 875. The van der Waals surface area contributed by atoms with Crippen LogP contribution in [0.5, 0.6) is 0 Å². The first-order valence-corrected chi connectivity index (χ1v) is 7.98. The van der Waals surface area contributed by atoms with Gasteiger partial charge in [-0.05, 0) is 46.9 Å². The molecule has 0 radical (unpaired) electrons. The lowest BCUT2D eigenvalue weighted by molar-refractivity contribution is -0.116. The van der Waals surface area contributed by atoms with Crippen molar-refractivity contribution in [2.75, 3.05) is 12.0 Å². The Morgan fingerprint density at radius 1 is 1.09 bits per heavy atom. The molecule has 7 heteroatoms. The van der Waals surface area contributed by atoms with Gasteiger partial charge in [-0.3, -0.25) is 15.0 Å². The summed E-state index contributed by atoms with van der Waals surface area (Å²) in [5, 5.41) is 2.61. The fraction of sp³-hybridized carbons (Fsp3) is 0.0625. The van der Waals surface area contributed by atoms with Crippen LogP contribution in [0.4, 0.5) is 0 Å². The van der Waals surface area contributed by atoms with Crippen LogP contribution in [-0.4, -0.2) is 28.0 Å². The molecule has 1 heterocycles. The maximum Gasteiger partial charge on any atom is 0.258 e. The number of imidazole rings is 1. The van der Waals surface area contributed by atoms with Gasteiger partial charge in [-0.15, -0.1) is 0 Å². The molecule has 0 spiro atoms. The molecule has 0 atom stereocenters. The van der Waals surface area contributed by atoms with Gasteiger partial charge in [-0.25, -0.2) is 9.66 Å². The molecule has 116 valence electrons. The number of hydrogen-bond acceptors (Lipinski definition) is 3. The van der Waals surface area contributed by atoms with Crippen molar-refractivity contribution < 1.29 is 9.59 Å². The van der Waals surface area contributed by atoms with Gasteiger partial charge in [0.05, 0.1) is 23.1 Å². The Morgan fingerprint density at radius 3 is 2.65 bits per heavy atom. The van der Waals surface area contributed by atoms with E-state index in [0.29, 0.717) is 5.56 Å². The van der Waals surface area contributed by atoms with Crippen molar-refractivity contribution in [3.05, 3.63) is 64.0 Å². The largest absolute Gasteiger partial charge is 0.343 e. The molecule has 0 unspecified atom stereocenters. The van der Waals surface area contributed by atoms with Gasteiger partial charge in [0.25, 0.3) is 11.8 Å². The highest BCUT2D eigenvalue weighted by molar-refractivity contribution is 14.1. The lowest BCUT2D eigenvalue weighted by atomic mass is 10.2. The second-order valence-corrected chi connectivity index (χ2v) is 5.96. The molecule has 3 rings (SSSR count). The monoisotopic (exact) mass is 420 g/mol. The van der Waals surface area contributed by atoms with E-state index in [9.17, 15) is 9.59 Å². The van der Waals surface area contributed by atoms with Crippen LogP contribution in [0.25, 0.3) is 11.0 Å². The Morgan fingerprint density at radius 2 is 1.83 bits per heavy atom. The Kier molecular flexibility index (Phi) is 4.56. The minimum Gasteiger partial charge on any atom is -0.343 e. The Labute approximate surface area is 146 Å². The number of fused-ring (bicyclic) bond motifs is 1. The van der Waals surface area contributed by atoms with Gasteiger partial charge in [-0.1, -0.05) is 24.3 Å². The van der Waals surface area contributed by atoms with Gasteiger partial charge < -0.3 is 5.32 Å². The summed E-state index contributed by atoms with van der Waals surface area (Å²) in [6.45, 7) is -0.115. The van der Waals surface area contributed by atoms with Gasteiger partial charge in [0, 0.05) is 3.57 Å². The minimum atomic E-state index is -0.326. The molecule has 0 saturated heterocycles. The van der Waals surface area contributed by atoms with E-state index in [1.165, 1.54) is 11.0 Å². The van der Waals surface area contributed by atoms with Crippen LogP contribution in [0.3, 0.4) is 0 Å². The molecule has 2 N–H and O–H groups in total. The van der Waals surface area contributed by atoms with Crippen molar-refractivity contribution in [3.8, 4) is 0 Å². The molecule has 0 aliphatic rings. The van der Waals surface area contributed by atoms with Crippen molar-refractivity contribution in [2.24, 2.45) is 0 Å². The predicted octanol–water partition coefficient (Wildman–Crippen LogP) is 2.14. The SMILES string of the molecule is O=C(CNC(=O)c1ccccc1I)Nn1cnc2ccccc21.